The van der Waals surface area contributed by atoms with E-state index in [0.717, 1.165) is 37.9 Å². The highest BCUT2D eigenvalue weighted by atomic mass is 16.2. The van der Waals surface area contributed by atoms with Crippen molar-refractivity contribution in [2.45, 2.75) is 51.0 Å². The summed E-state index contributed by atoms with van der Waals surface area (Å²) in [6.45, 7) is 2.72. The van der Waals surface area contributed by atoms with Gasteiger partial charge in [0.25, 0.3) is 0 Å². The summed E-state index contributed by atoms with van der Waals surface area (Å²) in [6, 6.07) is 10.2. The molecule has 3 amide bonds. The van der Waals surface area contributed by atoms with E-state index in [0.29, 0.717) is 25.6 Å². The number of hydrogen-bond acceptors (Lipinski definition) is 2. The predicted octanol–water partition coefficient (Wildman–Crippen LogP) is 2.81. The second kappa shape index (κ2) is 8.88. The third-order valence-corrected chi connectivity index (χ3v) is 5.27. The van der Waals surface area contributed by atoms with E-state index in [1.54, 1.807) is 0 Å². The van der Waals surface area contributed by atoms with Crippen LogP contribution in [0.1, 0.15) is 44.1 Å². The largest absolute Gasteiger partial charge is 0.341 e. The van der Waals surface area contributed by atoms with Gasteiger partial charge < -0.3 is 15.1 Å². The molecule has 1 aromatic rings. The van der Waals surface area contributed by atoms with E-state index in [2.05, 4.69) is 5.32 Å². The Kier molecular flexibility index (Phi) is 6.31. The maximum Gasteiger partial charge on any atom is 0.317 e. The van der Waals surface area contributed by atoms with E-state index in [-0.39, 0.29) is 11.9 Å². The van der Waals surface area contributed by atoms with Crippen LogP contribution in [0.5, 0.6) is 0 Å². The van der Waals surface area contributed by atoms with E-state index in [1.165, 1.54) is 19.3 Å². The number of nitrogens with zero attached hydrogens (tertiary/aromatic N) is 2. The number of urea groups is 1. The number of amides is 3. The number of rotatable bonds is 3. The molecule has 1 saturated carbocycles. The Morgan fingerprint density at radius 1 is 0.880 bits per heavy atom. The van der Waals surface area contributed by atoms with Crippen LogP contribution < -0.4 is 5.32 Å². The van der Waals surface area contributed by atoms with Gasteiger partial charge in [-0.25, -0.2) is 4.79 Å². The molecule has 2 aliphatic rings. The third-order valence-electron chi connectivity index (χ3n) is 5.27. The lowest BCUT2D eigenvalue weighted by molar-refractivity contribution is -0.130. The van der Waals surface area contributed by atoms with Crippen molar-refractivity contribution in [3.63, 3.8) is 0 Å². The van der Waals surface area contributed by atoms with Crippen molar-refractivity contribution in [3.8, 4) is 0 Å². The van der Waals surface area contributed by atoms with E-state index < -0.39 is 0 Å². The third kappa shape index (κ3) is 5.21. The number of carbonyl (C=O) groups is 2. The fourth-order valence-corrected chi connectivity index (χ4v) is 3.77. The second-order valence-corrected chi connectivity index (χ2v) is 7.17. The first-order valence-electron chi connectivity index (χ1n) is 9.59. The van der Waals surface area contributed by atoms with Crippen molar-refractivity contribution < 1.29 is 9.59 Å². The molecular formula is C20H29N3O2. The van der Waals surface area contributed by atoms with Crippen molar-refractivity contribution in [3.05, 3.63) is 35.9 Å². The van der Waals surface area contributed by atoms with Crippen molar-refractivity contribution in [2.75, 3.05) is 26.2 Å². The lowest BCUT2D eigenvalue weighted by Gasteiger charge is -2.27. The summed E-state index contributed by atoms with van der Waals surface area (Å²) in [4.78, 5) is 28.8. The molecule has 0 radical (unpaired) electrons. The average molecular weight is 343 g/mol. The first-order chi connectivity index (χ1) is 12.2. The molecule has 1 aromatic carbocycles. The number of benzene rings is 1. The summed E-state index contributed by atoms with van der Waals surface area (Å²) in [5, 5.41) is 3.18. The molecule has 0 aromatic heterocycles. The molecule has 136 valence electrons. The number of hydrogen-bond donors (Lipinski definition) is 1. The van der Waals surface area contributed by atoms with Crippen molar-refractivity contribution in [1.29, 1.82) is 0 Å². The molecule has 1 aliphatic heterocycles. The molecule has 1 aliphatic carbocycles. The normalized spacial score (nSPS) is 19.4. The van der Waals surface area contributed by atoms with Crippen LogP contribution in [0.15, 0.2) is 30.3 Å². The summed E-state index contributed by atoms with van der Waals surface area (Å²) in [5.41, 5.74) is 1.05. The molecule has 0 spiro atoms. The van der Waals surface area contributed by atoms with Gasteiger partial charge in [-0.1, -0.05) is 49.6 Å². The van der Waals surface area contributed by atoms with Gasteiger partial charge in [0.1, 0.15) is 0 Å². The lowest BCUT2D eigenvalue weighted by Crippen LogP contribution is -2.47. The minimum Gasteiger partial charge on any atom is -0.341 e. The molecule has 0 bridgehead atoms. The van der Waals surface area contributed by atoms with Gasteiger partial charge in [0.15, 0.2) is 0 Å². The highest BCUT2D eigenvalue weighted by Crippen LogP contribution is 2.18. The highest BCUT2D eigenvalue weighted by molar-refractivity contribution is 5.79. The second-order valence-electron chi connectivity index (χ2n) is 7.17. The summed E-state index contributed by atoms with van der Waals surface area (Å²) < 4.78 is 0. The summed E-state index contributed by atoms with van der Waals surface area (Å²) in [6.07, 6.45) is 7.20. The summed E-state index contributed by atoms with van der Waals surface area (Å²) >= 11 is 0. The summed E-state index contributed by atoms with van der Waals surface area (Å²) in [7, 11) is 0. The van der Waals surface area contributed by atoms with Crippen molar-refractivity contribution in [1.82, 2.24) is 15.1 Å². The number of carbonyl (C=O) groups excluding carboxylic acids is 2. The molecule has 3 rings (SSSR count). The van der Waals surface area contributed by atoms with E-state index in [1.807, 2.05) is 40.1 Å². The topological polar surface area (TPSA) is 52.7 Å². The van der Waals surface area contributed by atoms with Crippen molar-refractivity contribution >= 4 is 11.9 Å². The number of nitrogens with one attached hydrogen (secondary N) is 1. The molecular weight excluding hydrogens is 314 g/mol. The van der Waals surface area contributed by atoms with Crippen LogP contribution in [-0.4, -0.2) is 54.0 Å². The molecule has 5 heteroatoms. The van der Waals surface area contributed by atoms with Crippen molar-refractivity contribution in [2.24, 2.45) is 0 Å². The Hall–Kier alpha value is -2.04. The highest BCUT2D eigenvalue weighted by Gasteiger charge is 2.24. The standard InChI is InChI=1S/C20H29N3O2/c24-19(16-17-8-3-1-4-9-17)22-12-7-13-23(15-14-22)20(25)21-18-10-5-2-6-11-18/h1,3-4,8-9,18H,2,5-7,10-16H2,(H,21,25). The van der Waals surface area contributed by atoms with Gasteiger partial charge in [-0.2, -0.15) is 0 Å². The van der Waals surface area contributed by atoms with Gasteiger partial charge in [0.05, 0.1) is 6.42 Å². The van der Waals surface area contributed by atoms with Gasteiger partial charge in [-0.15, -0.1) is 0 Å². The van der Waals surface area contributed by atoms with Gasteiger partial charge in [-0.3, -0.25) is 4.79 Å². The Balaban J connectivity index is 1.48. The zero-order valence-electron chi connectivity index (χ0n) is 15.0. The van der Waals surface area contributed by atoms with Crippen LogP contribution in [0.2, 0.25) is 0 Å². The molecule has 5 nitrogen and oxygen atoms in total. The van der Waals surface area contributed by atoms with Gasteiger partial charge in [-0.05, 0) is 24.8 Å². The van der Waals surface area contributed by atoms with Crippen LogP contribution >= 0.6 is 0 Å². The van der Waals surface area contributed by atoms with Gasteiger partial charge >= 0.3 is 6.03 Å². The fourth-order valence-electron chi connectivity index (χ4n) is 3.77. The fraction of sp³-hybridized carbons (Fsp3) is 0.600. The van der Waals surface area contributed by atoms with E-state index in [9.17, 15) is 9.59 Å². The lowest BCUT2D eigenvalue weighted by atomic mass is 9.96. The molecule has 1 N–H and O–H groups in total. The zero-order chi connectivity index (χ0) is 17.5. The minimum atomic E-state index is 0.0456. The molecule has 25 heavy (non-hydrogen) atoms. The molecule has 2 fully saturated rings. The molecule has 0 atom stereocenters. The summed E-state index contributed by atoms with van der Waals surface area (Å²) in [5.74, 6) is 0.153. The monoisotopic (exact) mass is 343 g/mol. The van der Waals surface area contributed by atoms with E-state index >= 15 is 0 Å². The SMILES string of the molecule is O=C(Cc1ccccc1)N1CCCN(C(=O)NC2CCCCC2)CC1. The van der Waals surface area contributed by atoms with Gasteiger partial charge in [0, 0.05) is 32.2 Å². The Morgan fingerprint density at radius 3 is 2.32 bits per heavy atom. The van der Waals surface area contributed by atoms with Crippen LogP contribution in [-0.2, 0) is 11.2 Å². The molecule has 0 unspecified atom stereocenters. The Morgan fingerprint density at radius 2 is 1.56 bits per heavy atom. The Labute approximate surface area is 150 Å². The quantitative estimate of drug-likeness (QED) is 0.917. The first-order valence-corrected chi connectivity index (χ1v) is 9.59. The smallest absolute Gasteiger partial charge is 0.317 e. The van der Waals surface area contributed by atoms with Crippen LogP contribution in [0.4, 0.5) is 4.79 Å². The van der Waals surface area contributed by atoms with Crippen LogP contribution in [0, 0.1) is 0 Å². The van der Waals surface area contributed by atoms with E-state index in [4.69, 9.17) is 0 Å². The maximum absolute atomic E-state index is 12.5. The molecule has 1 heterocycles. The minimum absolute atomic E-state index is 0.0456. The average Bonchev–Trinajstić information content (AvgIpc) is 2.90. The molecule has 1 saturated heterocycles. The van der Waals surface area contributed by atoms with Gasteiger partial charge in [0.2, 0.25) is 5.91 Å². The predicted molar refractivity (Wildman–Crippen MR) is 98.3 cm³/mol. The Bertz CT molecular complexity index is 570. The zero-order valence-corrected chi connectivity index (χ0v) is 15.0. The maximum atomic E-state index is 12.5. The first kappa shape index (κ1) is 17.8. The van der Waals surface area contributed by atoms with Crippen LogP contribution in [0.25, 0.3) is 0 Å². The van der Waals surface area contributed by atoms with Crippen LogP contribution in [0.3, 0.4) is 0 Å².